The number of imide groups is 2. The van der Waals surface area contributed by atoms with Crippen LogP contribution in [0.15, 0.2) is 12.2 Å². The normalized spacial score (nSPS) is 13.8. The predicted octanol–water partition coefficient (Wildman–Crippen LogP) is -2.12. The zero-order valence-electron chi connectivity index (χ0n) is 40.9. The van der Waals surface area contributed by atoms with Gasteiger partial charge in [-0.05, 0) is 32.1 Å². The molecule has 1 atom stereocenters. The third-order valence-electron chi connectivity index (χ3n) is 9.72. The van der Waals surface area contributed by atoms with E-state index in [4.69, 9.17) is 52.2 Å². The number of unbranched alkanes of at least 4 members (excludes halogenated alkanes) is 1. The van der Waals surface area contributed by atoms with Crippen molar-refractivity contribution in [2.45, 2.75) is 63.8 Å². The van der Waals surface area contributed by atoms with Gasteiger partial charge in [0.05, 0.1) is 125 Å². The highest BCUT2D eigenvalue weighted by Crippen LogP contribution is 2.13. The van der Waals surface area contributed by atoms with Gasteiger partial charge in [-0.1, -0.05) is 0 Å². The monoisotopic (exact) mass is 1020 g/mol. The Morgan fingerprint density at radius 1 is 0.521 bits per heavy atom. The molecular formula is C45H74N6O20. The number of methoxy groups -OCH3 is 1. The Bertz CT molecular complexity index is 1590. The van der Waals surface area contributed by atoms with E-state index in [1.54, 1.807) is 7.11 Å². The van der Waals surface area contributed by atoms with E-state index in [1.165, 1.54) is 0 Å². The molecule has 0 aromatic heterocycles. The standard InChI is InChI=1S/C45H74N6O20/c1-61-16-17-62-18-19-63-20-21-64-22-23-65-24-25-66-26-27-67-28-29-68-30-31-69-32-33-70-35-39(54)46-13-3-2-6-36(45(60)47-14-4-8-44(59)71-51-42(57)11-12-43(51)58)49-38(53)34-48-37(52)7-5-15-50-40(55)9-10-41(50)56/h9-10,36H,2-8,11-35H2,1H3,(H,46,54)(H,47,60)(H,48,52)(H,49,53)/t36-/m0/s1. The molecule has 2 aliphatic rings. The molecule has 8 amide bonds. The lowest BCUT2D eigenvalue weighted by atomic mass is 10.1. The Labute approximate surface area is 413 Å². The first-order chi connectivity index (χ1) is 34.5. The zero-order valence-corrected chi connectivity index (χ0v) is 40.9. The Morgan fingerprint density at radius 3 is 1.48 bits per heavy atom. The highest BCUT2D eigenvalue weighted by Gasteiger charge is 2.32. The van der Waals surface area contributed by atoms with Gasteiger partial charge in [0.2, 0.25) is 23.6 Å². The summed E-state index contributed by atoms with van der Waals surface area (Å²) in [7, 11) is 1.63. The minimum Gasteiger partial charge on any atom is -0.382 e. The molecule has 2 heterocycles. The van der Waals surface area contributed by atoms with Crippen molar-refractivity contribution in [2.75, 3.05) is 159 Å². The van der Waals surface area contributed by atoms with Gasteiger partial charge in [-0.2, -0.15) is 0 Å². The first-order valence-corrected chi connectivity index (χ1v) is 23.9. The maximum atomic E-state index is 13.1. The summed E-state index contributed by atoms with van der Waals surface area (Å²) in [5.41, 5.74) is 0. The number of ether oxygens (including phenoxy) is 10. The van der Waals surface area contributed by atoms with Gasteiger partial charge < -0.3 is 73.5 Å². The van der Waals surface area contributed by atoms with Crippen molar-refractivity contribution in [3.8, 4) is 0 Å². The smallest absolute Gasteiger partial charge is 0.333 e. The van der Waals surface area contributed by atoms with Crippen molar-refractivity contribution in [1.82, 2.24) is 31.2 Å². The van der Waals surface area contributed by atoms with E-state index in [9.17, 15) is 43.2 Å². The summed E-state index contributed by atoms with van der Waals surface area (Å²) < 4.78 is 53.7. The van der Waals surface area contributed by atoms with Crippen molar-refractivity contribution >= 4 is 53.2 Å². The van der Waals surface area contributed by atoms with Crippen LogP contribution in [0.25, 0.3) is 0 Å². The molecule has 0 aromatic rings. The number of nitrogens with one attached hydrogen (secondary N) is 4. The van der Waals surface area contributed by atoms with E-state index >= 15 is 0 Å². The number of carbonyl (C=O) groups excluding carboxylic acids is 9. The van der Waals surface area contributed by atoms with Gasteiger partial charge in [0.15, 0.2) is 0 Å². The Kier molecular flexibility index (Phi) is 36.4. The minimum atomic E-state index is -1.04. The van der Waals surface area contributed by atoms with E-state index in [1.807, 2.05) is 0 Å². The summed E-state index contributed by atoms with van der Waals surface area (Å²) in [6, 6.07) is -1.04. The van der Waals surface area contributed by atoms with E-state index in [2.05, 4.69) is 21.3 Å². The molecule has 2 aliphatic heterocycles. The number of hydrogen-bond donors (Lipinski definition) is 4. The van der Waals surface area contributed by atoms with Gasteiger partial charge in [-0.25, -0.2) is 4.79 Å². The van der Waals surface area contributed by atoms with Crippen LogP contribution >= 0.6 is 0 Å². The van der Waals surface area contributed by atoms with Crippen LogP contribution in [0.1, 0.15) is 57.8 Å². The molecule has 0 saturated carbocycles. The first-order valence-electron chi connectivity index (χ1n) is 23.9. The first kappa shape index (κ1) is 62.1. The lowest BCUT2D eigenvalue weighted by molar-refractivity contribution is -0.197. The number of hydrogen-bond acceptors (Lipinski definition) is 20. The van der Waals surface area contributed by atoms with Crippen molar-refractivity contribution in [3.05, 3.63) is 12.2 Å². The molecule has 0 radical (unpaired) electrons. The van der Waals surface area contributed by atoms with Gasteiger partial charge in [-0.15, -0.1) is 5.06 Å². The van der Waals surface area contributed by atoms with Crippen molar-refractivity contribution in [1.29, 1.82) is 0 Å². The molecule has 0 aromatic carbocycles. The third-order valence-corrected chi connectivity index (χ3v) is 9.72. The number of hydroxylamine groups is 2. The van der Waals surface area contributed by atoms with Crippen molar-refractivity contribution in [2.24, 2.45) is 0 Å². The second-order valence-electron chi connectivity index (χ2n) is 15.4. The molecule has 0 spiro atoms. The van der Waals surface area contributed by atoms with E-state index in [0.29, 0.717) is 124 Å². The van der Waals surface area contributed by atoms with Crippen molar-refractivity contribution in [3.63, 3.8) is 0 Å². The molecule has 0 aliphatic carbocycles. The van der Waals surface area contributed by atoms with E-state index in [-0.39, 0.29) is 90.3 Å². The third kappa shape index (κ3) is 32.5. The maximum Gasteiger partial charge on any atom is 0.333 e. The van der Waals surface area contributed by atoms with Crippen LogP contribution in [-0.4, -0.2) is 228 Å². The number of amides is 8. The summed E-state index contributed by atoms with van der Waals surface area (Å²) in [6.07, 6.45) is 3.22. The van der Waals surface area contributed by atoms with Gasteiger partial charge in [0.25, 0.3) is 23.6 Å². The molecule has 0 unspecified atom stereocenters. The molecule has 26 nitrogen and oxygen atoms in total. The van der Waals surface area contributed by atoms with E-state index in [0.717, 1.165) is 17.1 Å². The summed E-state index contributed by atoms with van der Waals surface area (Å²) in [6.45, 7) is 7.43. The van der Waals surface area contributed by atoms with Crippen LogP contribution in [0.5, 0.6) is 0 Å². The molecule has 2 rings (SSSR count). The second-order valence-corrected chi connectivity index (χ2v) is 15.4. The Balaban J connectivity index is 1.48. The Morgan fingerprint density at radius 2 is 0.986 bits per heavy atom. The quantitative estimate of drug-likeness (QED) is 0.0374. The summed E-state index contributed by atoms with van der Waals surface area (Å²) in [4.78, 5) is 115. The number of carbonyl (C=O) groups is 9. The lowest BCUT2D eigenvalue weighted by Crippen LogP contribution is -2.49. The fourth-order valence-corrected chi connectivity index (χ4v) is 6.02. The van der Waals surface area contributed by atoms with Crippen LogP contribution in [0.4, 0.5) is 0 Å². The fraction of sp³-hybridized carbons (Fsp3) is 0.756. The van der Waals surface area contributed by atoms with E-state index < -0.39 is 59.9 Å². The van der Waals surface area contributed by atoms with Crippen molar-refractivity contribution < 1.29 is 95.4 Å². The molecule has 4 N–H and O–H groups in total. The molecule has 71 heavy (non-hydrogen) atoms. The molecule has 0 bridgehead atoms. The number of nitrogens with zero attached hydrogens (tertiary/aromatic N) is 2. The topological polar surface area (TPSA) is 310 Å². The largest absolute Gasteiger partial charge is 0.382 e. The molecular weight excluding hydrogens is 945 g/mol. The molecule has 1 fully saturated rings. The zero-order chi connectivity index (χ0) is 51.6. The van der Waals surface area contributed by atoms with Crippen LogP contribution in [0, 0.1) is 0 Å². The van der Waals surface area contributed by atoms with Crippen LogP contribution in [0.2, 0.25) is 0 Å². The van der Waals surface area contributed by atoms with Gasteiger partial charge >= 0.3 is 5.97 Å². The van der Waals surface area contributed by atoms with Crippen LogP contribution in [0.3, 0.4) is 0 Å². The minimum absolute atomic E-state index is 0.00122. The van der Waals surface area contributed by atoms with Crippen LogP contribution in [-0.2, 0) is 95.4 Å². The number of rotatable bonds is 47. The SMILES string of the molecule is COCCOCCOCCOCCOCCOCCOCCOCCOCCOCC(=O)NCCCC[C@H](NC(=O)CNC(=O)CCCN1C(=O)C=CC1=O)C(=O)NCCCC(=O)ON1C(=O)CCC1=O. The van der Waals surface area contributed by atoms with Gasteiger partial charge in [0, 0.05) is 64.6 Å². The lowest BCUT2D eigenvalue weighted by Gasteiger charge is -2.19. The molecule has 404 valence electrons. The average molecular weight is 1020 g/mol. The summed E-state index contributed by atoms with van der Waals surface area (Å²) in [5.74, 6) is -5.07. The summed E-state index contributed by atoms with van der Waals surface area (Å²) >= 11 is 0. The highest BCUT2D eigenvalue weighted by molar-refractivity contribution is 6.12. The van der Waals surface area contributed by atoms with Gasteiger partial charge in [0.1, 0.15) is 12.6 Å². The fourth-order valence-electron chi connectivity index (χ4n) is 6.02. The van der Waals surface area contributed by atoms with Gasteiger partial charge in [-0.3, -0.25) is 43.3 Å². The Hall–Kier alpha value is -5.03. The average Bonchev–Trinajstić information content (AvgIpc) is 3.85. The second kappa shape index (κ2) is 41.6. The van der Waals surface area contributed by atoms with Crippen LogP contribution < -0.4 is 21.3 Å². The maximum absolute atomic E-state index is 13.1. The predicted molar refractivity (Wildman–Crippen MR) is 246 cm³/mol. The highest BCUT2D eigenvalue weighted by atomic mass is 16.7. The molecule has 1 saturated heterocycles. The summed E-state index contributed by atoms with van der Waals surface area (Å²) in [5, 5.41) is 10.8. The molecule has 26 heteroatoms.